The van der Waals surface area contributed by atoms with Gasteiger partial charge in [0, 0.05) is 23.9 Å². The smallest absolute Gasteiger partial charge is 0.319 e. The van der Waals surface area contributed by atoms with Crippen LogP contribution in [0.1, 0.15) is 40.3 Å². The Kier molecular flexibility index (Phi) is 6.73. The van der Waals surface area contributed by atoms with Crippen molar-refractivity contribution in [1.82, 2.24) is 15.3 Å². The number of aromatic nitrogens is 2. The van der Waals surface area contributed by atoms with Gasteiger partial charge in [-0.15, -0.1) is 0 Å². The topological polar surface area (TPSA) is 147 Å². The molecule has 0 fully saturated rings. The summed E-state index contributed by atoms with van der Waals surface area (Å²) in [6, 6.07) is 7.77. The maximum Gasteiger partial charge on any atom is 0.319 e. The van der Waals surface area contributed by atoms with Gasteiger partial charge in [0.1, 0.15) is 10.6 Å². The van der Waals surface area contributed by atoms with E-state index >= 15 is 0 Å². The van der Waals surface area contributed by atoms with Gasteiger partial charge < -0.3 is 21.5 Å². The van der Waals surface area contributed by atoms with E-state index in [2.05, 4.69) is 20.6 Å². The number of urea groups is 1. The third-order valence-corrected chi connectivity index (χ3v) is 7.80. The first kappa shape index (κ1) is 23.6. The van der Waals surface area contributed by atoms with Gasteiger partial charge in [-0.05, 0) is 58.9 Å². The second-order valence-electron chi connectivity index (χ2n) is 8.31. The fourth-order valence-corrected chi connectivity index (χ4v) is 4.76. The molecule has 0 unspecified atom stereocenters. The van der Waals surface area contributed by atoms with Gasteiger partial charge in [0.25, 0.3) is 0 Å². The molecule has 0 atom stereocenters. The minimum absolute atomic E-state index is 0.150. The van der Waals surface area contributed by atoms with Crippen LogP contribution in [-0.2, 0) is 14.6 Å². The van der Waals surface area contributed by atoms with E-state index in [0.717, 1.165) is 0 Å². The average molecular weight is 436 g/mol. The number of aliphatic hydroxyl groups is 1. The van der Waals surface area contributed by atoms with Crippen molar-refractivity contribution in [3.05, 3.63) is 36.0 Å². The molecule has 1 aromatic heterocycles. The molecule has 1 heterocycles. The normalized spacial score (nSPS) is 12.5. The van der Waals surface area contributed by atoms with Crippen LogP contribution in [0.25, 0.3) is 11.4 Å². The molecule has 9 nitrogen and oxygen atoms in total. The van der Waals surface area contributed by atoms with Crippen molar-refractivity contribution in [3.63, 3.8) is 0 Å². The van der Waals surface area contributed by atoms with E-state index in [0.29, 0.717) is 22.8 Å². The Hall–Kier alpha value is -2.72. The van der Waals surface area contributed by atoms with Gasteiger partial charge in [-0.25, -0.2) is 23.2 Å². The SMILES string of the molecule is CC(C)(C)S(=O)(=O)C(C)(C)c1cc(N)nc(-c2ccc(NC(=O)NCCO)cc2)n1. The number of anilines is 2. The molecule has 5 N–H and O–H groups in total. The number of carbonyl (C=O) groups is 1. The number of carbonyl (C=O) groups excluding carboxylic acids is 1. The van der Waals surface area contributed by atoms with Crippen LogP contribution in [-0.4, -0.2) is 47.4 Å². The van der Waals surface area contributed by atoms with Crippen molar-refractivity contribution in [3.8, 4) is 11.4 Å². The summed E-state index contributed by atoms with van der Waals surface area (Å²) < 4.78 is 23.9. The first-order valence-corrected chi connectivity index (χ1v) is 10.9. The number of nitrogen functional groups attached to an aromatic ring is 1. The van der Waals surface area contributed by atoms with Gasteiger partial charge in [0.05, 0.1) is 17.0 Å². The van der Waals surface area contributed by atoms with Crippen LogP contribution >= 0.6 is 0 Å². The van der Waals surface area contributed by atoms with Crippen LogP contribution in [0.4, 0.5) is 16.3 Å². The number of hydrogen-bond donors (Lipinski definition) is 4. The molecular weight excluding hydrogens is 406 g/mol. The number of sulfone groups is 1. The van der Waals surface area contributed by atoms with E-state index in [1.807, 2.05) is 0 Å². The van der Waals surface area contributed by atoms with Gasteiger partial charge in [-0.1, -0.05) is 0 Å². The second-order valence-corrected chi connectivity index (χ2v) is 11.6. The molecule has 10 heteroatoms. The maximum atomic E-state index is 13.1. The van der Waals surface area contributed by atoms with Gasteiger partial charge in [0.2, 0.25) is 0 Å². The fraction of sp³-hybridized carbons (Fsp3) is 0.450. The Morgan fingerprint density at radius 1 is 1.10 bits per heavy atom. The average Bonchev–Trinajstić information content (AvgIpc) is 2.65. The van der Waals surface area contributed by atoms with Gasteiger partial charge >= 0.3 is 6.03 Å². The standard InChI is InChI=1S/C20H29N5O4S/c1-19(2,3)30(28,29)20(4,5)15-12-16(21)25-17(24-15)13-6-8-14(9-7-13)23-18(27)22-10-11-26/h6-9,12,26H,10-11H2,1-5H3,(H2,21,24,25)(H2,22,23,27). The summed E-state index contributed by atoms with van der Waals surface area (Å²) in [7, 11) is -3.59. The van der Waals surface area contributed by atoms with E-state index in [-0.39, 0.29) is 19.0 Å². The van der Waals surface area contributed by atoms with Crippen LogP contribution in [0.2, 0.25) is 0 Å². The van der Waals surface area contributed by atoms with Crippen molar-refractivity contribution >= 4 is 27.4 Å². The quantitative estimate of drug-likeness (QED) is 0.544. The highest BCUT2D eigenvalue weighted by Crippen LogP contribution is 2.37. The molecule has 0 radical (unpaired) electrons. The highest BCUT2D eigenvalue weighted by molar-refractivity contribution is 7.93. The maximum absolute atomic E-state index is 13.1. The lowest BCUT2D eigenvalue weighted by Gasteiger charge is -2.32. The van der Waals surface area contributed by atoms with E-state index in [4.69, 9.17) is 10.8 Å². The summed E-state index contributed by atoms with van der Waals surface area (Å²) in [6.45, 7) is 8.17. The third kappa shape index (κ3) is 4.88. The van der Waals surface area contributed by atoms with Crippen LogP contribution in [0.15, 0.2) is 30.3 Å². The molecule has 0 aliphatic carbocycles. The molecular formula is C20H29N5O4S. The van der Waals surface area contributed by atoms with Crippen molar-refractivity contribution in [1.29, 1.82) is 0 Å². The van der Waals surface area contributed by atoms with Gasteiger partial charge in [-0.3, -0.25) is 0 Å². The fourth-order valence-electron chi connectivity index (χ4n) is 2.85. The lowest BCUT2D eigenvalue weighted by Crippen LogP contribution is -2.42. The number of aliphatic hydroxyl groups excluding tert-OH is 1. The van der Waals surface area contributed by atoms with E-state index in [9.17, 15) is 13.2 Å². The number of nitrogens with one attached hydrogen (secondary N) is 2. The molecule has 0 saturated heterocycles. The van der Waals surface area contributed by atoms with Crippen LogP contribution < -0.4 is 16.4 Å². The summed E-state index contributed by atoms with van der Waals surface area (Å²) in [5, 5.41) is 13.9. The first-order chi connectivity index (χ1) is 13.8. The van der Waals surface area contributed by atoms with Crippen molar-refractivity contribution < 1.29 is 18.3 Å². The Morgan fingerprint density at radius 3 is 2.23 bits per heavy atom. The molecule has 2 aromatic rings. The Labute approximate surface area is 177 Å². The molecule has 0 aliphatic rings. The summed E-state index contributed by atoms with van der Waals surface area (Å²) in [4.78, 5) is 20.4. The summed E-state index contributed by atoms with van der Waals surface area (Å²) in [5.74, 6) is 0.455. The Morgan fingerprint density at radius 2 is 1.70 bits per heavy atom. The highest BCUT2D eigenvalue weighted by atomic mass is 32.2. The van der Waals surface area contributed by atoms with Crippen molar-refractivity contribution in [2.24, 2.45) is 0 Å². The zero-order valence-electron chi connectivity index (χ0n) is 17.9. The van der Waals surface area contributed by atoms with E-state index in [1.165, 1.54) is 6.07 Å². The predicted molar refractivity (Wildman–Crippen MR) is 118 cm³/mol. The van der Waals surface area contributed by atoms with Crippen molar-refractivity contribution in [2.45, 2.75) is 44.1 Å². The molecule has 0 aliphatic heterocycles. The second kappa shape index (κ2) is 8.57. The predicted octanol–water partition coefficient (Wildman–Crippen LogP) is 2.29. The molecule has 0 bridgehead atoms. The summed E-state index contributed by atoms with van der Waals surface area (Å²) in [6.07, 6.45) is 0. The lowest BCUT2D eigenvalue weighted by atomic mass is 10.1. The zero-order valence-corrected chi connectivity index (χ0v) is 18.7. The Balaban J connectivity index is 2.37. The van der Waals surface area contributed by atoms with E-state index < -0.39 is 25.4 Å². The molecule has 1 aromatic carbocycles. The molecule has 164 valence electrons. The van der Waals surface area contributed by atoms with Gasteiger partial charge in [-0.2, -0.15) is 0 Å². The molecule has 0 saturated carbocycles. The minimum atomic E-state index is -3.59. The number of rotatable bonds is 6. The summed E-state index contributed by atoms with van der Waals surface area (Å²) >= 11 is 0. The number of benzene rings is 1. The number of nitrogens with two attached hydrogens (primary N) is 1. The third-order valence-electron chi connectivity index (χ3n) is 4.64. The number of hydrogen-bond acceptors (Lipinski definition) is 7. The first-order valence-electron chi connectivity index (χ1n) is 9.45. The van der Waals surface area contributed by atoms with Crippen LogP contribution in [0, 0.1) is 0 Å². The molecule has 0 spiro atoms. The van der Waals surface area contributed by atoms with Crippen molar-refractivity contribution in [2.75, 3.05) is 24.2 Å². The molecule has 2 amide bonds. The minimum Gasteiger partial charge on any atom is -0.395 e. The summed E-state index contributed by atoms with van der Waals surface area (Å²) in [5.41, 5.74) is 7.42. The largest absolute Gasteiger partial charge is 0.395 e. The van der Waals surface area contributed by atoms with Crippen LogP contribution in [0.5, 0.6) is 0 Å². The zero-order chi connectivity index (χ0) is 22.7. The van der Waals surface area contributed by atoms with Gasteiger partial charge in [0.15, 0.2) is 15.7 Å². The molecule has 2 rings (SSSR count). The highest BCUT2D eigenvalue weighted by Gasteiger charge is 2.45. The number of nitrogens with zero attached hydrogens (tertiary/aromatic N) is 2. The number of amides is 2. The Bertz CT molecular complexity index is 1010. The van der Waals surface area contributed by atoms with Crippen LogP contribution in [0.3, 0.4) is 0 Å². The monoisotopic (exact) mass is 435 g/mol. The molecule has 30 heavy (non-hydrogen) atoms. The van der Waals surface area contributed by atoms with E-state index in [1.54, 1.807) is 58.9 Å². The lowest BCUT2D eigenvalue weighted by molar-refractivity contribution is 0.245.